The van der Waals surface area contributed by atoms with Gasteiger partial charge in [-0.1, -0.05) is 24.3 Å². The Bertz CT molecular complexity index is 910. The third-order valence-corrected chi connectivity index (χ3v) is 4.02. The molecule has 0 aliphatic carbocycles. The van der Waals surface area contributed by atoms with Crippen molar-refractivity contribution >= 4 is 27.6 Å². The van der Waals surface area contributed by atoms with E-state index in [0.29, 0.717) is 5.75 Å². The van der Waals surface area contributed by atoms with Crippen LogP contribution in [0.15, 0.2) is 48.5 Å². The first-order valence-corrected chi connectivity index (χ1v) is 9.81. The number of benzene rings is 2. The maximum absolute atomic E-state index is 12.1. The van der Waals surface area contributed by atoms with Crippen molar-refractivity contribution in [3.05, 3.63) is 59.7 Å². The molecule has 27 heavy (non-hydrogen) atoms. The molecule has 0 bridgehead atoms. The van der Waals surface area contributed by atoms with Crippen molar-refractivity contribution in [3.63, 3.8) is 0 Å². The molecule has 1 amide bonds. The lowest BCUT2D eigenvalue weighted by molar-refractivity contribution is -0.124. The van der Waals surface area contributed by atoms with Gasteiger partial charge in [0.15, 0.2) is 6.61 Å². The Kier molecular flexibility index (Phi) is 6.78. The van der Waals surface area contributed by atoms with E-state index in [2.05, 4.69) is 10.0 Å². The number of carbonyl (C=O) groups excluding carboxylic acids is 2. The Morgan fingerprint density at radius 1 is 1.04 bits per heavy atom. The summed E-state index contributed by atoms with van der Waals surface area (Å²) in [4.78, 5) is 24.0. The maximum Gasteiger partial charge on any atom is 0.340 e. The molecule has 0 aliphatic heterocycles. The molecular formula is C18H20N2O6S. The summed E-state index contributed by atoms with van der Waals surface area (Å²) in [5.74, 6) is -0.575. The summed E-state index contributed by atoms with van der Waals surface area (Å²) in [5.41, 5.74) is 0.965. The van der Waals surface area contributed by atoms with Crippen molar-refractivity contribution in [1.29, 1.82) is 0 Å². The molecule has 2 N–H and O–H groups in total. The Labute approximate surface area is 157 Å². The van der Waals surface area contributed by atoms with Gasteiger partial charge in [-0.15, -0.1) is 0 Å². The molecule has 0 aromatic heterocycles. The summed E-state index contributed by atoms with van der Waals surface area (Å²) in [6, 6.07) is 13.1. The summed E-state index contributed by atoms with van der Waals surface area (Å²) >= 11 is 0. The second kappa shape index (κ2) is 9.04. The molecule has 0 radical (unpaired) electrons. The number of esters is 1. The Morgan fingerprint density at radius 2 is 1.70 bits per heavy atom. The molecule has 0 unspecified atom stereocenters. The fourth-order valence-electron chi connectivity index (χ4n) is 2.15. The number of sulfonamides is 1. The predicted octanol–water partition coefficient (Wildman–Crippen LogP) is 1.54. The third-order valence-electron chi connectivity index (χ3n) is 3.43. The van der Waals surface area contributed by atoms with E-state index in [1.54, 1.807) is 43.5 Å². The number of anilines is 1. The summed E-state index contributed by atoms with van der Waals surface area (Å²) < 4.78 is 35.0. The summed E-state index contributed by atoms with van der Waals surface area (Å²) in [6.07, 6.45) is 0.974. The minimum atomic E-state index is -3.55. The second-order valence-corrected chi connectivity index (χ2v) is 7.37. The van der Waals surface area contributed by atoms with Crippen LogP contribution in [0.4, 0.5) is 5.69 Å². The molecule has 2 aromatic rings. The number of rotatable bonds is 8. The SMILES string of the molecule is COc1ccc(CNC(=O)COC(=O)c2ccccc2NS(C)(=O)=O)cc1. The minimum Gasteiger partial charge on any atom is -0.497 e. The van der Waals surface area contributed by atoms with Crippen LogP contribution in [0.1, 0.15) is 15.9 Å². The van der Waals surface area contributed by atoms with Gasteiger partial charge in [-0.25, -0.2) is 13.2 Å². The quantitative estimate of drug-likeness (QED) is 0.660. The smallest absolute Gasteiger partial charge is 0.340 e. The number of carbonyl (C=O) groups is 2. The first-order valence-electron chi connectivity index (χ1n) is 7.92. The highest BCUT2D eigenvalue weighted by Crippen LogP contribution is 2.17. The van der Waals surface area contributed by atoms with Crippen LogP contribution in [0.3, 0.4) is 0 Å². The molecule has 0 fully saturated rings. The number of hydrogen-bond donors (Lipinski definition) is 2. The minimum absolute atomic E-state index is 0.0193. The summed E-state index contributed by atoms with van der Waals surface area (Å²) in [5, 5.41) is 2.63. The highest BCUT2D eigenvalue weighted by molar-refractivity contribution is 7.92. The molecule has 0 saturated carbocycles. The van der Waals surface area contributed by atoms with Crippen LogP contribution < -0.4 is 14.8 Å². The van der Waals surface area contributed by atoms with Gasteiger partial charge in [0.1, 0.15) is 5.75 Å². The lowest BCUT2D eigenvalue weighted by atomic mass is 10.2. The van der Waals surface area contributed by atoms with E-state index < -0.39 is 28.5 Å². The second-order valence-electron chi connectivity index (χ2n) is 5.62. The van der Waals surface area contributed by atoms with E-state index in [-0.39, 0.29) is 17.8 Å². The molecule has 2 aromatic carbocycles. The first-order chi connectivity index (χ1) is 12.8. The topological polar surface area (TPSA) is 111 Å². The van der Waals surface area contributed by atoms with Crippen LogP contribution in [0.5, 0.6) is 5.75 Å². The van der Waals surface area contributed by atoms with E-state index in [0.717, 1.165) is 11.8 Å². The van der Waals surface area contributed by atoms with Crippen LogP contribution in [0.25, 0.3) is 0 Å². The van der Waals surface area contributed by atoms with Gasteiger partial charge in [0.25, 0.3) is 5.91 Å². The molecule has 0 atom stereocenters. The molecule has 0 spiro atoms. The van der Waals surface area contributed by atoms with Gasteiger partial charge in [0.2, 0.25) is 10.0 Å². The number of methoxy groups -OCH3 is 1. The van der Waals surface area contributed by atoms with Gasteiger partial charge < -0.3 is 14.8 Å². The lowest BCUT2D eigenvalue weighted by Gasteiger charge is -2.11. The van der Waals surface area contributed by atoms with E-state index in [4.69, 9.17) is 9.47 Å². The van der Waals surface area contributed by atoms with Crippen LogP contribution in [0.2, 0.25) is 0 Å². The van der Waals surface area contributed by atoms with Gasteiger partial charge in [-0.2, -0.15) is 0 Å². The van der Waals surface area contributed by atoms with Crippen LogP contribution in [-0.4, -0.2) is 40.3 Å². The number of amides is 1. The van der Waals surface area contributed by atoms with Crippen molar-refractivity contribution in [2.45, 2.75) is 6.54 Å². The van der Waals surface area contributed by atoms with E-state index >= 15 is 0 Å². The van der Waals surface area contributed by atoms with Crippen molar-refractivity contribution in [2.24, 2.45) is 0 Å². The standard InChI is InChI=1S/C18H20N2O6S/c1-25-14-9-7-13(8-10-14)11-19-17(21)12-26-18(22)15-5-3-4-6-16(15)20-27(2,23)24/h3-10,20H,11-12H2,1-2H3,(H,19,21). The fraction of sp³-hybridized carbons (Fsp3) is 0.222. The van der Waals surface area contributed by atoms with Gasteiger partial charge in [0.05, 0.1) is 24.6 Å². The number of hydrogen-bond acceptors (Lipinski definition) is 6. The fourth-order valence-corrected chi connectivity index (χ4v) is 2.73. The zero-order chi connectivity index (χ0) is 19.9. The maximum atomic E-state index is 12.1. The zero-order valence-electron chi connectivity index (χ0n) is 14.9. The number of ether oxygens (including phenoxy) is 2. The van der Waals surface area contributed by atoms with Crippen molar-refractivity contribution in [2.75, 3.05) is 24.7 Å². The number of nitrogens with one attached hydrogen (secondary N) is 2. The molecule has 0 saturated heterocycles. The van der Waals surface area contributed by atoms with Crippen molar-refractivity contribution < 1.29 is 27.5 Å². The van der Waals surface area contributed by atoms with E-state index in [1.165, 1.54) is 12.1 Å². The molecule has 8 nitrogen and oxygen atoms in total. The predicted molar refractivity (Wildman–Crippen MR) is 100 cm³/mol. The van der Waals surface area contributed by atoms with Gasteiger partial charge in [-0.3, -0.25) is 9.52 Å². The van der Waals surface area contributed by atoms with Crippen molar-refractivity contribution in [3.8, 4) is 5.75 Å². The largest absolute Gasteiger partial charge is 0.497 e. The molecule has 144 valence electrons. The lowest BCUT2D eigenvalue weighted by Crippen LogP contribution is -2.28. The molecule has 2 rings (SSSR count). The third kappa shape index (κ3) is 6.63. The molecule has 9 heteroatoms. The normalized spacial score (nSPS) is 10.7. The highest BCUT2D eigenvalue weighted by atomic mass is 32.2. The van der Waals surface area contributed by atoms with E-state index in [1.807, 2.05) is 0 Å². The average molecular weight is 392 g/mol. The Hall–Kier alpha value is -3.07. The highest BCUT2D eigenvalue weighted by Gasteiger charge is 2.16. The van der Waals surface area contributed by atoms with Gasteiger partial charge in [0, 0.05) is 6.54 Å². The molecular weight excluding hydrogens is 372 g/mol. The van der Waals surface area contributed by atoms with E-state index in [9.17, 15) is 18.0 Å². The molecule has 0 heterocycles. The van der Waals surface area contributed by atoms with Gasteiger partial charge >= 0.3 is 5.97 Å². The van der Waals surface area contributed by atoms with Crippen molar-refractivity contribution in [1.82, 2.24) is 5.32 Å². The van der Waals surface area contributed by atoms with Crippen LogP contribution in [0, 0.1) is 0 Å². The zero-order valence-corrected chi connectivity index (χ0v) is 15.7. The monoisotopic (exact) mass is 392 g/mol. The van der Waals surface area contributed by atoms with Crippen LogP contribution >= 0.6 is 0 Å². The summed E-state index contributed by atoms with van der Waals surface area (Å²) in [6.45, 7) is -0.213. The Morgan fingerprint density at radius 3 is 2.33 bits per heavy atom. The van der Waals surface area contributed by atoms with Crippen LogP contribution in [-0.2, 0) is 26.1 Å². The van der Waals surface area contributed by atoms with Gasteiger partial charge in [-0.05, 0) is 29.8 Å². The first kappa shape index (κ1) is 20.2. The average Bonchev–Trinajstić information content (AvgIpc) is 2.64. The summed E-state index contributed by atoms with van der Waals surface area (Å²) in [7, 11) is -1.99. The number of para-hydroxylation sites is 1. The molecule has 0 aliphatic rings. The Balaban J connectivity index is 1.88.